The highest BCUT2D eigenvalue weighted by Gasteiger charge is 2.27. The Morgan fingerprint density at radius 3 is 2.86 bits per heavy atom. The molecule has 2 heterocycles. The molecule has 1 aromatic carbocycles. The Balaban J connectivity index is 2.23. The summed E-state index contributed by atoms with van der Waals surface area (Å²) in [4.78, 5) is 10.9. The number of nitrogens with one attached hydrogen (secondary N) is 1. The van der Waals surface area contributed by atoms with Crippen LogP contribution in [-0.4, -0.2) is 41.6 Å². The number of hydrogen-bond acceptors (Lipinski definition) is 5. The van der Waals surface area contributed by atoms with Crippen molar-refractivity contribution in [2.75, 3.05) is 20.3 Å². The SMILES string of the molecule is COc1c(F)cc2c(c1-c1cc(C(=O)O)[nH]n1)OCCO2. The number of H-pyrrole nitrogens is 1. The molecule has 0 saturated carbocycles. The molecule has 0 saturated heterocycles. The molecule has 2 N–H and O–H groups in total. The second kappa shape index (κ2) is 4.97. The van der Waals surface area contributed by atoms with Crippen molar-refractivity contribution in [2.24, 2.45) is 0 Å². The van der Waals surface area contributed by atoms with Gasteiger partial charge in [-0.3, -0.25) is 5.10 Å². The molecule has 0 unspecified atom stereocenters. The topological polar surface area (TPSA) is 93.7 Å². The highest BCUT2D eigenvalue weighted by Crippen LogP contribution is 2.46. The van der Waals surface area contributed by atoms with E-state index < -0.39 is 11.8 Å². The van der Waals surface area contributed by atoms with Crippen LogP contribution in [0.3, 0.4) is 0 Å². The minimum absolute atomic E-state index is 0.0808. The summed E-state index contributed by atoms with van der Waals surface area (Å²) >= 11 is 0. The Morgan fingerprint density at radius 2 is 2.19 bits per heavy atom. The van der Waals surface area contributed by atoms with E-state index in [4.69, 9.17) is 19.3 Å². The molecule has 21 heavy (non-hydrogen) atoms. The third-order valence-electron chi connectivity index (χ3n) is 3.01. The van der Waals surface area contributed by atoms with Crippen LogP contribution in [0, 0.1) is 5.82 Å². The van der Waals surface area contributed by atoms with E-state index >= 15 is 0 Å². The number of carbonyl (C=O) groups is 1. The first-order valence-corrected chi connectivity index (χ1v) is 6.07. The van der Waals surface area contributed by atoms with Gasteiger partial charge >= 0.3 is 5.97 Å². The highest BCUT2D eigenvalue weighted by atomic mass is 19.1. The summed E-state index contributed by atoms with van der Waals surface area (Å²) < 4.78 is 30.0. The molecule has 110 valence electrons. The predicted octanol–water partition coefficient (Wildman–Crippen LogP) is 1.69. The number of benzene rings is 1. The van der Waals surface area contributed by atoms with Crippen molar-refractivity contribution in [3.8, 4) is 28.5 Å². The molecule has 1 aliphatic heterocycles. The first-order valence-electron chi connectivity index (χ1n) is 6.07. The predicted molar refractivity (Wildman–Crippen MR) is 68.5 cm³/mol. The van der Waals surface area contributed by atoms with Crippen LogP contribution < -0.4 is 14.2 Å². The zero-order valence-corrected chi connectivity index (χ0v) is 11.0. The number of carboxylic acid groups (broad SMARTS) is 1. The Labute approximate surface area is 118 Å². The molecule has 1 aromatic heterocycles. The maximum Gasteiger partial charge on any atom is 0.353 e. The van der Waals surface area contributed by atoms with E-state index in [2.05, 4.69) is 10.2 Å². The van der Waals surface area contributed by atoms with Crippen LogP contribution in [0.2, 0.25) is 0 Å². The van der Waals surface area contributed by atoms with E-state index in [0.29, 0.717) is 13.2 Å². The fourth-order valence-electron chi connectivity index (χ4n) is 2.13. The molecule has 1 aliphatic rings. The van der Waals surface area contributed by atoms with Crippen LogP contribution in [0.25, 0.3) is 11.3 Å². The van der Waals surface area contributed by atoms with Crippen LogP contribution in [-0.2, 0) is 0 Å². The number of ether oxygens (including phenoxy) is 3. The fourth-order valence-corrected chi connectivity index (χ4v) is 2.13. The van der Waals surface area contributed by atoms with Crippen LogP contribution in [0.4, 0.5) is 4.39 Å². The van der Waals surface area contributed by atoms with Gasteiger partial charge in [-0.25, -0.2) is 9.18 Å². The number of nitrogens with zero attached hydrogens (tertiary/aromatic N) is 1. The van der Waals surface area contributed by atoms with Gasteiger partial charge in [0, 0.05) is 6.07 Å². The minimum Gasteiger partial charge on any atom is -0.493 e. The molecule has 0 bridgehead atoms. The summed E-state index contributed by atoms with van der Waals surface area (Å²) in [6.07, 6.45) is 0. The monoisotopic (exact) mass is 294 g/mol. The van der Waals surface area contributed by atoms with E-state index in [1.807, 2.05) is 0 Å². The van der Waals surface area contributed by atoms with Crippen LogP contribution in [0.1, 0.15) is 10.5 Å². The number of aromatic nitrogens is 2. The minimum atomic E-state index is -1.17. The van der Waals surface area contributed by atoms with E-state index in [1.165, 1.54) is 19.2 Å². The fraction of sp³-hybridized carbons (Fsp3) is 0.231. The molecule has 3 rings (SSSR count). The van der Waals surface area contributed by atoms with Gasteiger partial charge in [-0.1, -0.05) is 0 Å². The first-order chi connectivity index (χ1) is 10.1. The van der Waals surface area contributed by atoms with Crippen molar-refractivity contribution in [2.45, 2.75) is 0 Å². The Morgan fingerprint density at radius 1 is 1.43 bits per heavy atom. The van der Waals surface area contributed by atoms with Gasteiger partial charge in [0.05, 0.1) is 12.7 Å². The van der Waals surface area contributed by atoms with E-state index in [1.54, 1.807) is 0 Å². The highest BCUT2D eigenvalue weighted by molar-refractivity contribution is 5.88. The van der Waals surface area contributed by atoms with Crippen molar-refractivity contribution in [3.05, 3.63) is 23.6 Å². The number of halogens is 1. The summed E-state index contributed by atoms with van der Waals surface area (Å²) in [5.41, 5.74) is 0.295. The van der Waals surface area contributed by atoms with Gasteiger partial charge < -0.3 is 19.3 Å². The zero-order chi connectivity index (χ0) is 15.0. The summed E-state index contributed by atoms with van der Waals surface area (Å²) in [5, 5.41) is 15.2. The number of hydrogen-bond donors (Lipinski definition) is 2. The second-order valence-electron chi connectivity index (χ2n) is 4.26. The Hall–Kier alpha value is -2.77. The van der Waals surface area contributed by atoms with Crippen molar-refractivity contribution in [3.63, 3.8) is 0 Å². The van der Waals surface area contributed by atoms with Gasteiger partial charge in [-0.05, 0) is 6.07 Å². The average Bonchev–Trinajstić information content (AvgIpc) is 2.95. The normalized spacial score (nSPS) is 13.0. The molecular weight excluding hydrogens is 283 g/mol. The summed E-state index contributed by atoms with van der Waals surface area (Å²) in [7, 11) is 1.31. The van der Waals surface area contributed by atoms with Gasteiger partial charge in [0.2, 0.25) is 0 Å². The molecule has 0 aliphatic carbocycles. The van der Waals surface area contributed by atoms with E-state index in [0.717, 1.165) is 0 Å². The molecule has 2 aromatic rings. The molecule has 0 spiro atoms. The van der Waals surface area contributed by atoms with E-state index in [9.17, 15) is 9.18 Å². The molecular formula is C13H11FN2O5. The third-order valence-corrected chi connectivity index (χ3v) is 3.01. The molecule has 7 nitrogen and oxygen atoms in total. The van der Waals surface area contributed by atoms with Crippen molar-refractivity contribution in [1.82, 2.24) is 10.2 Å². The van der Waals surface area contributed by atoms with Gasteiger partial charge in [0.25, 0.3) is 0 Å². The van der Waals surface area contributed by atoms with E-state index in [-0.39, 0.29) is 34.2 Å². The lowest BCUT2D eigenvalue weighted by atomic mass is 10.1. The molecule has 8 heteroatoms. The lowest BCUT2D eigenvalue weighted by Gasteiger charge is -2.22. The van der Waals surface area contributed by atoms with Gasteiger partial charge in [-0.2, -0.15) is 5.10 Å². The maximum atomic E-state index is 14.1. The second-order valence-corrected chi connectivity index (χ2v) is 4.26. The molecule has 0 amide bonds. The zero-order valence-electron chi connectivity index (χ0n) is 11.0. The number of rotatable bonds is 3. The molecule has 0 fully saturated rings. The van der Waals surface area contributed by atoms with Crippen molar-refractivity contribution >= 4 is 5.97 Å². The first kappa shape index (κ1) is 13.2. The molecule has 0 radical (unpaired) electrons. The van der Waals surface area contributed by atoms with Crippen molar-refractivity contribution < 1.29 is 28.5 Å². The molecule has 0 atom stereocenters. The van der Waals surface area contributed by atoms with Crippen molar-refractivity contribution in [1.29, 1.82) is 0 Å². The summed E-state index contributed by atoms with van der Waals surface area (Å²) in [6, 6.07) is 2.44. The number of carboxylic acids is 1. The quantitative estimate of drug-likeness (QED) is 0.894. The average molecular weight is 294 g/mol. The lowest BCUT2D eigenvalue weighted by molar-refractivity contribution is 0.0690. The van der Waals surface area contributed by atoms with Crippen LogP contribution in [0.5, 0.6) is 17.2 Å². The van der Waals surface area contributed by atoms with Gasteiger partial charge in [0.1, 0.15) is 24.6 Å². The summed E-state index contributed by atoms with van der Waals surface area (Å²) in [5.74, 6) is -1.38. The Bertz CT molecular complexity index is 713. The van der Waals surface area contributed by atoms with Gasteiger partial charge in [-0.15, -0.1) is 0 Å². The summed E-state index contributed by atoms with van der Waals surface area (Å²) in [6.45, 7) is 0.601. The lowest BCUT2D eigenvalue weighted by Crippen LogP contribution is -2.16. The number of methoxy groups -OCH3 is 1. The number of aromatic amines is 1. The van der Waals surface area contributed by atoms with Gasteiger partial charge in [0.15, 0.2) is 23.1 Å². The Kier molecular flexibility index (Phi) is 3.13. The van der Waals surface area contributed by atoms with Crippen LogP contribution in [0.15, 0.2) is 12.1 Å². The smallest absolute Gasteiger partial charge is 0.353 e. The van der Waals surface area contributed by atoms with Crippen LogP contribution >= 0.6 is 0 Å². The maximum absolute atomic E-state index is 14.1. The third kappa shape index (κ3) is 2.14. The standard InChI is InChI=1S/C13H11FN2O5/c1-19-11-6(14)4-9-12(21-3-2-20-9)10(11)7-5-8(13(17)18)16-15-7/h4-5H,2-3H2,1H3,(H,15,16)(H,17,18). The largest absolute Gasteiger partial charge is 0.493 e. The number of aromatic carboxylic acids is 1. The number of fused-ring (bicyclic) bond motifs is 1.